The van der Waals surface area contributed by atoms with Crippen LogP contribution in [0, 0.1) is 11.3 Å². The lowest BCUT2D eigenvalue weighted by Crippen LogP contribution is -2.15. The maximum Gasteiger partial charge on any atom is 0.265 e. The van der Waals surface area contributed by atoms with Crippen LogP contribution in [0.3, 0.4) is 0 Å². The van der Waals surface area contributed by atoms with Gasteiger partial charge in [-0.05, 0) is 6.07 Å². The number of benzene rings is 1. The van der Waals surface area contributed by atoms with E-state index in [1.54, 1.807) is 6.07 Å². The lowest BCUT2D eigenvalue weighted by molar-refractivity contribution is 0.505. The van der Waals surface area contributed by atoms with Gasteiger partial charge in [-0.3, -0.25) is 4.98 Å². The number of pyridine rings is 1. The number of nitrogens with zero attached hydrogens (tertiary/aromatic N) is 5. The molecule has 0 bridgehead atoms. The minimum Gasteiger partial charge on any atom is -0.436 e. The molecule has 0 amide bonds. The molecule has 8 nitrogen and oxygen atoms in total. The molecular weight excluding hydrogens is 342 g/mol. The number of nitrogens with two attached hydrogens (primary N) is 2. The predicted molar refractivity (Wildman–Crippen MR) is 102 cm³/mol. The largest absolute Gasteiger partial charge is 0.436 e. The van der Waals surface area contributed by atoms with Gasteiger partial charge in [0.2, 0.25) is 0 Å². The second-order valence-electron chi connectivity index (χ2n) is 5.35. The second kappa shape index (κ2) is 7.76. The molecule has 0 aliphatic heterocycles. The van der Waals surface area contributed by atoms with E-state index in [2.05, 4.69) is 32.7 Å². The molecule has 0 saturated heterocycles. The summed E-state index contributed by atoms with van der Waals surface area (Å²) in [5.74, 6) is 5.84. The van der Waals surface area contributed by atoms with Gasteiger partial charge in [-0.1, -0.05) is 36.9 Å². The first-order valence-electron chi connectivity index (χ1n) is 7.81. The summed E-state index contributed by atoms with van der Waals surface area (Å²) >= 11 is 0. The van der Waals surface area contributed by atoms with Crippen molar-refractivity contribution in [1.82, 2.24) is 15.0 Å². The van der Waals surface area contributed by atoms with Gasteiger partial charge in [0.25, 0.3) is 5.90 Å². The van der Waals surface area contributed by atoms with E-state index in [0.717, 1.165) is 5.56 Å². The average Bonchev–Trinajstić information content (AvgIpc) is 2.73. The van der Waals surface area contributed by atoms with Gasteiger partial charge in [0.1, 0.15) is 5.76 Å². The van der Waals surface area contributed by atoms with Crippen LogP contribution in [0.4, 0.5) is 5.82 Å². The first-order valence-corrected chi connectivity index (χ1v) is 7.81. The van der Waals surface area contributed by atoms with Crippen LogP contribution in [0.25, 0.3) is 17.0 Å². The van der Waals surface area contributed by atoms with Crippen molar-refractivity contribution in [3.8, 4) is 17.3 Å². The van der Waals surface area contributed by atoms with E-state index < -0.39 is 0 Å². The number of nitrogen functional groups attached to an aromatic ring is 1. The lowest BCUT2D eigenvalue weighted by Gasteiger charge is -2.12. The molecule has 3 aromatic rings. The van der Waals surface area contributed by atoms with E-state index >= 15 is 0 Å². The monoisotopic (exact) mass is 357 g/mol. The van der Waals surface area contributed by atoms with E-state index in [9.17, 15) is 5.26 Å². The minimum atomic E-state index is -0.0434. The average molecular weight is 357 g/mol. The predicted octanol–water partition coefficient (Wildman–Crippen LogP) is 2.30. The number of rotatable bonds is 4. The van der Waals surface area contributed by atoms with Crippen LogP contribution >= 0.6 is 0 Å². The van der Waals surface area contributed by atoms with Crippen LogP contribution in [0.1, 0.15) is 16.8 Å². The van der Waals surface area contributed by atoms with Crippen LogP contribution < -0.4 is 11.6 Å². The fraction of sp³-hybridized carbons (Fsp3) is 0. The van der Waals surface area contributed by atoms with E-state index in [1.165, 1.54) is 18.6 Å². The summed E-state index contributed by atoms with van der Waals surface area (Å²) in [5, 5.41) is 12.9. The highest BCUT2D eigenvalue weighted by atomic mass is 16.5. The number of hydrogen-bond donors (Lipinski definition) is 2. The van der Waals surface area contributed by atoms with Crippen LogP contribution in [0.15, 0.2) is 66.7 Å². The molecule has 0 aliphatic rings. The van der Waals surface area contributed by atoms with Crippen LogP contribution in [-0.2, 0) is 4.74 Å². The zero-order valence-electron chi connectivity index (χ0n) is 14.2. The highest BCUT2D eigenvalue weighted by molar-refractivity contribution is 5.99. The Bertz CT molecular complexity index is 1060. The van der Waals surface area contributed by atoms with Crippen molar-refractivity contribution in [3.63, 3.8) is 0 Å². The fourth-order valence-corrected chi connectivity index (χ4v) is 2.32. The molecule has 2 heterocycles. The molecule has 8 heteroatoms. The molecule has 1 aromatic carbocycles. The lowest BCUT2D eigenvalue weighted by atomic mass is 10.1. The van der Waals surface area contributed by atoms with Crippen molar-refractivity contribution in [2.75, 3.05) is 5.73 Å². The van der Waals surface area contributed by atoms with Gasteiger partial charge < -0.3 is 16.3 Å². The minimum absolute atomic E-state index is 0.0434. The Morgan fingerprint density at radius 1 is 1.19 bits per heavy atom. The molecular formula is C19H15N7O. The van der Waals surface area contributed by atoms with Crippen LogP contribution in [0.2, 0.25) is 0 Å². The van der Waals surface area contributed by atoms with E-state index in [0.29, 0.717) is 22.6 Å². The summed E-state index contributed by atoms with van der Waals surface area (Å²) < 4.78 is 5.67. The maximum absolute atomic E-state index is 9.27. The molecule has 2 aromatic heterocycles. The van der Waals surface area contributed by atoms with Gasteiger partial charge in [-0.2, -0.15) is 5.26 Å². The first kappa shape index (κ1) is 17.6. The topological polar surface area (TPSA) is 136 Å². The molecule has 0 radical (unpaired) electrons. The van der Waals surface area contributed by atoms with E-state index in [-0.39, 0.29) is 17.4 Å². The van der Waals surface area contributed by atoms with Crippen LogP contribution in [0.5, 0.6) is 0 Å². The number of hydrogen-bond acceptors (Lipinski definition) is 8. The molecule has 0 saturated carbocycles. The van der Waals surface area contributed by atoms with Crippen molar-refractivity contribution < 1.29 is 4.74 Å². The third-order valence-corrected chi connectivity index (χ3v) is 3.65. The molecule has 3 rings (SSSR count). The maximum atomic E-state index is 9.27. The third-order valence-electron chi connectivity index (χ3n) is 3.65. The van der Waals surface area contributed by atoms with Gasteiger partial charge in [0.15, 0.2) is 11.5 Å². The summed E-state index contributed by atoms with van der Waals surface area (Å²) in [5.41, 5.74) is 8.11. The van der Waals surface area contributed by atoms with Gasteiger partial charge in [-0.25, -0.2) is 9.97 Å². The van der Waals surface area contributed by atoms with E-state index in [1.807, 2.05) is 30.3 Å². The normalized spacial score (nSPS) is 10.9. The molecule has 0 fully saturated rings. The highest BCUT2D eigenvalue weighted by Crippen LogP contribution is 2.23. The SMILES string of the molecule is C=C(O/C(=N\N)c1nc(-c2cnccc2C#N)cnc1N)c1ccccc1. The Kier molecular flexibility index (Phi) is 5.05. The molecule has 0 spiro atoms. The Labute approximate surface area is 155 Å². The van der Waals surface area contributed by atoms with E-state index in [4.69, 9.17) is 16.3 Å². The smallest absolute Gasteiger partial charge is 0.265 e. The number of nitriles is 1. The zero-order valence-corrected chi connectivity index (χ0v) is 14.2. The molecule has 4 N–H and O–H groups in total. The molecule has 0 aliphatic carbocycles. The standard InChI is InChI=1S/C19H15N7O/c1-12(13-5-3-2-4-6-13)27-19(26-22)17-18(21)24-11-16(25-17)15-10-23-8-7-14(15)9-20/h2-8,10-11H,1,22H2,(H2,21,24)/b26-19-. The Hall–Kier alpha value is -4.25. The van der Waals surface area contributed by atoms with Crippen molar-refractivity contribution >= 4 is 17.5 Å². The quantitative estimate of drug-likeness (QED) is 0.240. The summed E-state index contributed by atoms with van der Waals surface area (Å²) in [6.45, 7) is 3.88. The number of aromatic nitrogens is 3. The van der Waals surface area contributed by atoms with Crippen molar-refractivity contribution in [2.45, 2.75) is 0 Å². The second-order valence-corrected chi connectivity index (χ2v) is 5.35. The summed E-state index contributed by atoms with van der Waals surface area (Å²) in [4.78, 5) is 12.5. The van der Waals surface area contributed by atoms with Gasteiger partial charge in [0.05, 0.1) is 23.5 Å². The van der Waals surface area contributed by atoms with Crippen molar-refractivity contribution in [3.05, 3.63) is 78.4 Å². The molecule has 0 atom stereocenters. The van der Waals surface area contributed by atoms with Crippen LogP contribution in [-0.4, -0.2) is 20.8 Å². The number of ether oxygens (including phenoxy) is 1. The summed E-state index contributed by atoms with van der Waals surface area (Å²) in [6.07, 6.45) is 4.48. The fourth-order valence-electron chi connectivity index (χ4n) is 2.32. The summed E-state index contributed by atoms with van der Waals surface area (Å²) in [6, 6.07) is 12.9. The Morgan fingerprint density at radius 3 is 2.67 bits per heavy atom. The third kappa shape index (κ3) is 3.72. The Balaban J connectivity index is 1.98. The number of hydrazone groups is 1. The molecule has 0 unspecified atom stereocenters. The highest BCUT2D eigenvalue weighted by Gasteiger charge is 2.17. The van der Waals surface area contributed by atoms with Crippen molar-refractivity contribution in [2.24, 2.45) is 10.9 Å². The Morgan fingerprint density at radius 2 is 1.96 bits per heavy atom. The zero-order chi connectivity index (χ0) is 19.2. The summed E-state index contributed by atoms with van der Waals surface area (Å²) in [7, 11) is 0. The van der Waals surface area contributed by atoms with Crippen molar-refractivity contribution in [1.29, 1.82) is 5.26 Å². The van der Waals surface area contributed by atoms with Gasteiger partial charge in [0, 0.05) is 23.5 Å². The van der Waals surface area contributed by atoms with Gasteiger partial charge in [-0.15, -0.1) is 5.10 Å². The first-order chi connectivity index (χ1) is 13.1. The number of anilines is 1. The molecule has 27 heavy (non-hydrogen) atoms. The molecule has 132 valence electrons. The van der Waals surface area contributed by atoms with Gasteiger partial charge >= 0.3 is 0 Å².